The standard InChI is InChI=1S/C16H32N2O/c1-2-18-12-6-7-15(10-13-18)17-11-14-19-16-8-4-3-5-9-16/h15-17H,2-14H2,1H3. The van der Waals surface area contributed by atoms with Gasteiger partial charge in [0.25, 0.3) is 0 Å². The van der Waals surface area contributed by atoms with E-state index in [9.17, 15) is 0 Å². The van der Waals surface area contributed by atoms with Gasteiger partial charge in [0, 0.05) is 12.6 Å². The first-order valence-electron chi connectivity index (χ1n) is 8.46. The number of nitrogens with zero attached hydrogens (tertiary/aromatic N) is 1. The van der Waals surface area contributed by atoms with Crippen molar-refractivity contribution in [1.82, 2.24) is 10.2 Å². The van der Waals surface area contributed by atoms with Crippen LogP contribution in [0.3, 0.4) is 0 Å². The van der Waals surface area contributed by atoms with E-state index in [1.807, 2.05) is 0 Å². The molecule has 1 saturated heterocycles. The molecule has 1 aliphatic heterocycles. The second-order valence-corrected chi connectivity index (χ2v) is 6.15. The highest BCUT2D eigenvalue weighted by atomic mass is 16.5. The summed E-state index contributed by atoms with van der Waals surface area (Å²) in [4.78, 5) is 2.57. The van der Waals surface area contributed by atoms with E-state index in [0.717, 1.165) is 13.2 Å². The Morgan fingerprint density at radius 1 is 1.00 bits per heavy atom. The quantitative estimate of drug-likeness (QED) is 0.750. The minimum absolute atomic E-state index is 0.556. The molecule has 1 unspecified atom stereocenters. The van der Waals surface area contributed by atoms with Gasteiger partial charge in [-0.2, -0.15) is 0 Å². The third kappa shape index (κ3) is 5.80. The van der Waals surface area contributed by atoms with E-state index < -0.39 is 0 Å². The van der Waals surface area contributed by atoms with E-state index in [1.54, 1.807) is 0 Å². The van der Waals surface area contributed by atoms with Crippen molar-refractivity contribution in [3.8, 4) is 0 Å². The molecule has 0 radical (unpaired) electrons. The maximum atomic E-state index is 5.97. The Kier molecular flexibility index (Phi) is 7.18. The van der Waals surface area contributed by atoms with Crippen molar-refractivity contribution in [2.24, 2.45) is 0 Å². The summed E-state index contributed by atoms with van der Waals surface area (Å²) in [7, 11) is 0. The lowest BCUT2D eigenvalue weighted by Crippen LogP contribution is -2.34. The summed E-state index contributed by atoms with van der Waals surface area (Å²) in [6, 6.07) is 0.714. The van der Waals surface area contributed by atoms with Gasteiger partial charge in [0.15, 0.2) is 0 Å². The van der Waals surface area contributed by atoms with Crippen molar-refractivity contribution in [3.63, 3.8) is 0 Å². The van der Waals surface area contributed by atoms with E-state index in [4.69, 9.17) is 4.74 Å². The summed E-state index contributed by atoms with van der Waals surface area (Å²) in [6.07, 6.45) is 11.3. The van der Waals surface area contributed by atoms with Crippen molar-refractivity contribution in [3.05, 3.63) is 0 Å². The summed E-state index contributed by atoms with van der Waals surface area (Å²) in [5.41, 5.74) is 0. The van der Waals surface area contributed by atoms with Gasteiger partial charge in [-0.25, -0.2) is 0 Å². The van der Waals surface area contributed by atoms with Gasteiger partial charge in [0.05, 0.1) is 12.7 Å². The highest BCUT2D eigenvalue weighted by molar-refractivity contribution is 4.74. The summed E-state index contributed by atoms with van der Waals surface area (Å²) in [6.45, 7) is 7.96. The molecule has 1 atom stereocenters. The molecule has 112 valence electrons. The molecule has 2 fully saturated rings. The molecule has 0 aromatic carbocycles. The lowest BCUT2D eigenvalue weighted by molar-refractivity contribution is 0.0292. The van der Waals surface area contributed by atoms with Gasteiger partial charge in [0.1, 0.15) is 0 Å². The Hall–Kier alpha value is -0.120. The molecular formula is C16H32N2O. The predicted molar refractivity (Wildman–Crippen MR) is 80.6 cm³/mol. The zero-order valence-electron chi connectivity index (χ0n) is 12.7. The van der Waals surface area contributed by atoms with Gasteiger partial charge in [-0.1, -0.05) is 26.2 Å². The lowest BCUT2D eigenvalue weighted by Gasteiger charge is -2.23. The minimum Gasteiger partial charge on any atom is -0.377 e. The molecule has 0 aromatic heterocycles. The van der Waals surface area contributed by atoms with E-state index >= 15 is 0 Å². The van der Waals surface area contributed by atoms with Crippen molar-refractivity contribution in [2.75, 3.05) is 32.8 Å². The third-order valence-electron chi connectivity index (χ3n) is 4.71. The molecule has 3 nitrogen and oxygen atoms in total. The first-order valence-corrected chi connectivity index (χ1v) is 8.46. The van der Waals surface area contributed by atoms with Crippen LogP contribution >= 0.6 is 0 Å². The van der Waals surface area contributed by atoms with Gasteiger partial charge in [0.2, 0.25) is 0 Å². The number of hydrogen-bond donors (Lipinski definition) is 1. The Balaban J connectivity index is 1.52. The Morgan fingerprint density at radius 2 is 1.84 bits per heavy atom. The fourth-order valence-corrected chi connectivity index (χ4v) is 3.40. The monoisotopic (exact) mass is 268 g/mol. The molecule has 0 amide bonds. The largest absolute Gasteiger partial charge is 0.377 e. The molecule has 1 aliphatic carbocycles. The van der Waals surface area contributed by atoms with Gasteiger partial charge >= 0.3 is 0 Å². The van der Waals surface area contributed by atoms with Crippen LogP contribution in [0.5, 0.6) is 0 Å². The topological polar surface area (TPSA) is 24.5 Å². The first kappa shape index (κ1) is 15.3. The second kappa shape index (κ2) is 8.93. The third-order valence-corrected chi connectivity index (χ3v) is 4.71. The molecule has 1 saturated carbocycles. The fourth-order valence-electron chi connectivity index (χ4n) is 3.40. The predicted octanol–water partition coefficient (Wildman–Crippen LogP) is 2.80. The molecule has 0 spiro atoms. The molecule has 0 aromatic rings. The van der Waals surface area contributed by atoms with Crippen molar-refractivity contribution >= 4 is 0 Å². The van der Waals surface area contributed by atoms with Crippen LogP contribution in [0.1, 0.15) is 58.3 Å². The number of ether oxygens (including phenoxy) is 1. The summed E-state index contributed by atoms with van der Waals surface area (Å²) < 4.78 is 5.97. The highest BCUT2D eigenvalue weighted by Crippen LogP contribution is 2.20. The van der Waals surface area contributed by atoms with Crippen LogP contribution in [0.4, 0.5) is 0 Å². The summed E-state index contributed by atoms with van der Waals surface area (Å²) in [5.74, 6) is 0. The van der Waals surface area contributed by atoms with E-state index in [-0.39, 0.29) is 0 Å². The number of hydrogen-bond acceptors (Lipinski definition) is 3. The molecule has 1 heterocycles. The van der Waals surface area contributed by atoms with Crippen molar-refractivity contribution in [2.45, 2.75) is 70.4 Å². The van der Waals surface area contributed by atoms with Crippen LogP contribution in [-0.4, -0.2) is 49.8 Å². The lowest BCUT2D eigenvalue weighted by atomic mass is 9.98. The Morgan fingerprint density at radius 3 is 2.63 bits per heavy atom. The normalized spacial score (nSPS) is 27.3. The Bertz CT molecular complexity index is 229. The van der Waals surface area contributed by atoms with Crippen LogP contribution in [0, 0.1) is 0 Å². The summed E-state index contributed by atoms with van der Waals surface area (Å²) >= 11 is 0. The van der Waals surface area contributed by atoms with Gasteiger partial charge in [-0.3, -0.25) is 0 Å². The number of nitrogens with one attached hydrogen (secondary N) is 1. The van der Waals surface area contributed by atoms with Crippen LogP contribution in [0.2, 0.25) is 0 Å². The molecule has 2 aliphatic rings. The zero-order chi connectivity index (χ0) is 13.3. The SMILES string of the molecule is CCN1CCCC(NCCOC2CCCCC2)CC1. The molecule has 2 rings (SSSR count). The van der Waals surface area contributed by atoms with Crippen molar-refractivity contribution < 1.29 is 4.74 Å². The van der Waals surface area contributed by atoms with Crippen molar-refractivity contribution in [1.29, 1.82) is 0 Å². The maximum Gasteiger partial charge on any atom is 0.0594 e. The van der Waals surface area contributed by atoms with Gasteiger partial charge < -0.3 is 15.0 Å². The second-order valence-electron chi connectivity index (χ2n) is 6.15. The Labute approximate surface area is 119 Å². The summed E-state index contributed by atoms with van der Waals surface area (Å²) in [5, 5.41) is 3.69. The van der Waals surface area contributed by atoms with E-state index in [2.05, 4.69) is 17.1 Å². The average molecular weight is 268 g/mol. The number of rotatable bonds is 6. The average Bonchev–Trinajstić information content (AvgIpc) is 2.70. The minimum atomic E-state index is 0.556. The van der Waals surface area contributed by atoms with Crippen LogP contribution in [0.15, 0.2) is 0 Å². The fraction of sp³-hybridized carbons (Fsp3) is 1.00. The number of likely N-dealkylation sites (tertiary alicyclic amines) is 1. The van der Waals surface area contributed by atoms with E-state index in [0.29, 0.717) is 12.1 Å². The van der Waals surface area contributed by atoms with E-state index in [1.165, 1.54) is 71.0 Å². The highest BCUT2D eigenvalue weighted by Gasteiger charge is 2.16. The zero-order valence-corrected chi connectivity index (χ0v) is 12.7. The van der Waals surface area contributed by atoms with Gasteiger partial charge in [-0.15, -0.1) is 0 Å². The van der Waals surface area contributed by atoms with Crippen LogP contribution in [0.25, 0.3) is 0 Å². The molecule has 0 bridgehead atoms. The van der Waals surface area contributed by atoms with Gasteiger partial charge in [-0.05, 0) is 51.7 Å². The first-order chi connectivity index (χ1) is 9.38. The van der Waals surface area contributed by atoms with Crippen LogP contribution < -0.4 is 5.32 Å². The molecule has 3 heteroatoms. The smallest absolute Gasteiger partial charge is 0.0594 e. The molecule has 19 heavy (non-hydrogen) atoms. The maximum absolute atomic E-state index is 5.97. The molecular weight excluding hydrogens is 236 g/mol. The van der Waals surface area contributed by atoms with Crippen LogP contribution in [-0.2, 0) is 4.74 Å². The molecule has 1 N–H and O–H groups in total.